The van der Waals surface area contributed by atoms with Crippen molar-refractivity contribution < 1.29 is 89.7 Å². The lowest BCUT2D eigenvalue weighted by Gasteiger charge is -2.27. The molecule has 57 heavy (non-hydrogen) atoms. The van der Waals surface area contributed by atoms with Gasteiger partial charge in [0.2, 0.25) is 5.95 Å². The predicted molar refractivity (Wildman–Crippen MR) is 185 cm³/mol. The first-order valence-electron chi connectivity index (χ1n) is 15.7. The summed E-state index contributed by atoms with van der Waals surface area (Å²) in [5.41, 5.74) is 8.27. The van der Waals surface area contributed by atoms with Gasteiger partial charge in [-0.2, -0.15) is 17.9 Å². The Morgan fingerprint density at radius 1 is 0.825 bits per heavy atom. The van der Waals surface area contributed by atoms with Crippen LogP contribution in [-0.2, 0) is 49.7 Å². The Hall–Kier alpha value is -3.02. The van der Waals surface area contributed by atoms with E-state index in [9.17, 15) is 72.6 Å². The van der Waals surface area contributed by atoms with Gasteiger partial charge in [0.25, 0.3) is 11.1 Å². The minimum atomic E-state index is -6.27. The molecule has 2 saturated heterocycles. The minimum Gasteiger partial charge on any atom is -0.387 e. The number of aromatic amines is 2. The van der Waals surface area contributed by atoms with E-state index in [-0.39, 0.29) is 36.2 Å². The van der Waals surface area contributed by atoms with E-state index in [0.29, 0.717) is 4.57 Å². The van der Waals surface area contributed by atoms with Crippen LogP contribution in [0.25, 0.3) is 6.08 Å². The van der Waals surface area contributed by atoms with Crippen molar-refractivity contribution in [2.45, 2.75) is 49.1 Å². The third-order valence-electron chi connectivity index (χ3n) is 8.02. The molecule has 2 aromatic heterocycles. The van der Waals surface area contributed by atoms with Gasteiger partial charge in [-0.1, -0.05) is 12.2 Å². The summed E-state index contributed by atoms with van der Waals surface area (Å²) in [6.45, 7) is -2.50. The highest BCUT2D eigenvalue weighted by molar-refractivity contribution is 7.69. The van der Waals surface area contributed by atoms with Crippen LogP contribution in [0.4, 0.5) is 17.5 Å². The lowest BCUT2D eigenvalue weighted by molar-refractivity contribution is -0.0542. The van der Waals surface area contributed by atoms with Crippen LogP contribution >= 0.6 is 31.3 Å². The second-order valence-electron chi connectivity index (χ2n) is 12.1. The number of phosphoric ester groups is 2. The Morgan fingerprint density at radius 3 is 1.88 bits per heavy atom. The second kappa shape index (κ2) is 16.9. The molecular formula is C23H36N8O22P4. The first-order chi connectivity index (χ1) is 26.3. The van der Waals surface area contributed by atoms with Gasteiger partial charge in [0.05, 0.1) is 25.4 Å². The Balaban J connectivity index is 1.15. The minimum absolute atomic E-state index is 0.0134. The lowest BCUT2D eigenvalue weighted by atomic mass is 10.1. The molecule has 5 rings (SSSR count). The number of hydrogen-bond acceptors (Lipinski definition) is 23. The highest BCUT2D eigenvalue weighted by Crippen LogP contribution is 2.71. The molecule has 14 N–H and O–H groups in total. The third-order valence-corrected chi connectivity index (χ3v) is 13.9. The number of aliphatic hydroxyl groups excluding tert-OH is 4. The van der Waals surface area contributed by atoms with Crippen LogP contribution in [0.15, 0.2) is 26.7 Å². The van der Waals surface area contributed by atoms with E-state index in [1.54, 1.807) is 0 Å². The number of nitrogens with two attached hydrogens (primary N) is 2. The van der Waals surface area contributed by atoms with Crippen molar-refractivity contribution in [2.75, 3.05) is 49.0 Å². The summed E-state index contributed by atoms with van der Waals surface area (Å²) in [6.07, 6.45) is -10.6. The summed E-state index contributed by atoms with van der Waals surface area (Å²) < 4.78 is 81.7. The van der Waals surface area contributed by atoms with Crippen LogP contribution in [0.3, 0.4) is 0 Å². The Morgan fingerprint density at radius 2 is 1.33 bits per heavy atom. The van der Waals surface area contributed by atoms with Gasteiger partial charge in [-0.3, -0.25) is 33.2 Å². The molecule has 320 valence electrons. The number of rotatable bonds is 16. The predicted octanol–water partition coefficient (Wildman–Crippen LogP) is -4.36. The molecule has 12 atom stereocenters. The molecule has 2 aromatic rings. The highest BCUT2D eigenvalue weighted by atomic mass is 31.3. The molecule has 30 nitrogen and oxygen atoms in total. The smallest absolute Gasteiger partial charge is 0.387 e. The number of aromatic nitrogens is 4. The maximum Gasteiger partial charge on any atom is 0.490 e. The quantitative estimate of drug-likeness (QED) is 0.0708. The number of fused-ring (bicyclic) bond motifs is 1. The molecule has 7 unspecified atom stereocenters. The number of nitrogens with zero attached hydrogens (tertiary/aromatic N) is 4. The largest absolute Gasteiger partial charge is 0.490 e. The normalized spacial score (nSPS) is 30.6. The van der Waals surface area contributed by atoms with Crippen LogP contribution in [0.2, 0.25) is 0 Å². The Kier molecular flexibility index (Phi) is 13.4. The van der Waals surface area contributed by atoms with Gasteiger partial charge >= 0.3 is 37.0 Å². The number of phosphoric acid groups is 4. The van der Waals surface area contributed by atoms with E-state index in [4.69, 9.17) is 20.9 Å². The van der Waals surface area contributed by atoms with E-state index in [2.05, 4.69) is 31.9 Å². The molecule has 0 aromatic carbocycles. The maximum atomic E-state index is 12.5. The molecule has 0 radical (unpaired) electrons. The third kappa shape index (κ3) is 10.4. The molecule has 0 bridgehead atoms. The SMILES string of the molecule is CN1CN([C@@H]2O[C@H](COP(=O)(O)OP(=O)(O)OP(=O)(O)OP(=O)(O)OC[C@H]3O[C@@H](n4cc(/C=C/CN)c(=O)[nH]c4=O)C(O)[C@H]3O)C(O)C2O)c2nc(N)[nH]c(=O)c21. The molecule has 0 aliphatic carbocycles. The number of nitrogens with one attached hydrogen (secondary N) is 2. The average molecular weight is 900 g/mol. The van der Waals surface area contributed by atoms with Crippen molar-refractivity contribution in [3.05, 3.63) is 49.0 Å². The molecule has 0 saturated carbocycles. The summed E-state index contributed by atoms with van der Waals surface area (Å²) in [5, 5.41) is 42.0. The standard InChI is InChI=1S/C23H36N8O22P4/c1-29-8-31(17-12(29)19(37)27-22(25)26-17)21-16(35)14(33)11(50-21)7-48-55(41,42)52-57(45,46)53-56(43,44)51-54(39,40)47-6-10-13(32)15(34)20(49-10)30-5-9(3-2-4-24)18(36)28-23(30)38/h2-3,5,10-11,13-16,20-21,32-35H,4,6-8,24H2,1H3,(H,39,40)(H,41,42)(H,43,44)(H,45,46)(H,28,36,38)(H3,25,26,27,37)/b3-2+/t10-,11-,13+,14?,15?,16?,20-,21-/m1/s1. The number of nitrogen functional groups attached to an aromatic ring is 1. The molecular weight excluding hydrogens is 864 g/mol. The summed E-state index contributed by atoms with van der Waals surface area (Å²) >= 11 is 0. The maximum absolute atomic E-state index is 12.5. The van der Waals surface area contributed by atoms with Gasteiger partial charge in [0, 0.05) is 19.8 Å². The van der Waals surface area contributed by atoms with Crippen molar-refractivity contribution in [2.24, 2.45) is 5.73 Å². The topological polar surface area (TPSA) is 454 Å². The van der Waals surface area contributed by atoms with Gasteiger partial charge in [-0.25, -0.2) is 23.1 Å². The second-order valence-corrected chi connectivity index (χ2v) is 18.3. The number of hydrogen-bond donors (Lipinski definition) is 12. The number of aliphatic hydroxyl groups is 4. The van der Waals surface area contributed by atoms with Gasteiger partial charge in [-0.05, 0) is 0 Å². The van der Waals surface area contributed by atoms with E-state index < -0.39 is 110 Å². The molecule has 3 aliphatic heterocycles. The summed E-state index contributed by atoms with van der Waals surface area (Å²) in [7, 11) is -22.7. The molecule has 0 amide bonds. The fourth-order valence-corrected chi connectivity index (χ4v) is 10.6. The van der Waals surface area contributed by atoms with Gasteiger partial charge in [-0.15, -0.1) is 0 Å². The fourth-order valence-electron chi connectivity index (χ4n) is 5.61. The molecule has 5 heterocycles. The molecule has 2 fully saturated rings. The monoisotopic (exact) mass is 900 g/mol. The summed E-state index contributed by atoms with van der Waals surface area (Å²) in [5.74, 6) is -0.347. The van der Waals surface area contributed by atoms with Crippen molar-refractivity contribution in [3.63, 3.8) is 0 Å². The van der Waals surface area contributed by atoms with Crippen molar-refractivity contribution in [1.82, 2.24) is 19.5 Å². The first kappa shape index (κ1) is 45.1. The van der Waals surface area contributed by atoms with E-state index >= 15 is 0 Å². The summed E-state index contributed by atoms with van der Waals surface area (Å²) in [4.78, 5) is 87.3. The van der Waals surface area contributed by atoms with Crippen molar-refractivity contribution in [1.29, 1.82) is 0 Å². The van der Waals surface area contributed by atoms with Crippen LogP contribution in [0.5, 0.6) is 0 Å². The van der Waals surface area contributed by atoms with Gasteiger partial charge in [0.15, 0.2) is 18.3 Å². The molecule has 34 heteroatoms. The van der Waals surface area contributed by atoms with Crippen molar-refractivity contribution in [3.8, 4) is 0 Å². The zero-order valence-corrected chi connectivity index (χ0v) is 32.3. The van der Waals surface area contributed by atoms with E-state index in [1.807, 2.05) is 4.98 Å². The lowest BCUT2D eigenvalue weighted by Crippen LogP contribution is -2.45. The number of anilines is 3. The number of ether oxygens (including phenoxy) is 2. The highest BCUT2D eigenvalue weighted by Gasteiger charge is 2.51. The van der Waals surface area contributed by atoms with Crippen LogP contribution in [0, 0.1) is 0 Å². The molecule has 0 spiro atoms. The van der Waals surface area contributed by atoms with Gasteiger partial charge in [0.1, 0.15) is 42.3 Å². The number of H-pyrrole nitrogens is 2. The first-order valence-corrected chi connectivity index (χ1v) is 21.7. The fraction of sp³-hybridized carbons (Fsp3) is 0.565. The van der Waals surface area contributed by atoms with Crippen LogP contribution in [0.1, 0.15) is 11.8 Å². The summed E-state index contributed by atoms with van der Waals surface area (Å²) in [6, 6.07) is 0. The van der Waals surface area contributed by atoms with Crippen LogP contribution < -0.4 is 38.1 Å². The Labute approximate surface area is 316 Å². The average Bonchev–Trinajstić information content (AvgIpc) is 3.66. The van der Waals surface area contributed by atoms with E-state index in [0.717, 1.165) is 6.20 Å². The zero-order valence-electron chi connectivity index (χ0n) is 28.7. The molecule has 3 aliphatic rings. The zero-order chi connectivity index (χ0) is 42.4. The van der Waals surface area contributed by atoms with Gasteiger partial charge < -0.3 is 70.7 Å². The van der Waals surface area contributed by atoms with Crippen molar-refractivity contribution >= 4 is 54.8 Å². The van der Waals surface area contributed by atoms with E-state index in [1.165, 1.54) is 29.0 Å². The Bertz CT molecular complexity index is 2240. The van der Waals surface area contributed by atoms with Crippen LogP contribution in [-0.4, -0.2) is 136 Å².